The van der Waals surface area contributed by atoms with Crippen molar-refractivity contribution in [1.82, 2.24) is 0 Å². The van der Waals surface area contributed by atoms with Crippen molar-refractivity contribution in [2.24, 2.45) is 0 Å². The summed E-state index contributed by atoms with van der Waals surface area (Å²) in [5.74, 6) is 0.831. The highest BCUT2D eigenvalue weighted by atomic mass is 127. The van der Waals surface area contributed by atoms with Gasteiger partial charge in [-0.25, -0.2) is 0 Å². The molecule has 4 heteroatoms. The van der Waals surface area contributed by atoms with Gasteiger partial charge in [-0.1, -0.05) is 22.6 Å². The van der Waals surface area contributed by atoms with E-state index in [9.17, 15) is 4.79 Å². The fourth-order valence-corrected chi connectivity index (χ4v) is 1.20. The molecule has 0 aliphatic rings. The number of hydrogen-bond acceptors (Lipinski definition) is 2. The van der Waals surface area contributed by atoms with Crippen LogP contribution in [0.2, 0.25) is 0 Å². The smallest absolute Gasteiger partial charge is 0.237 e. The third-order valence-electron chi connectivity index (χ3n) is 1.79. The van der Waals surface area contributed by atoms with Crippen LogP contribution >= 0.6 is 22.6 Å². The Morgan fingerprint density at radius 3 is 2.53 bits per heavy atom. The normalized spacial score (nSPS) is 11.9. The van der Waals surface area contributed by atoms with Crippen LogP contribution in [-0.2, 0) is 4.79 Å². The molecule has 0 fully saturated rings. The Bertz CT molecular complexity index is 322. The molecule has 0 spiro atoms. The number of ether oxygens (including phenoxy) is 1. The van der Waals surface area contributed by atoms with Crippen molar-refractivity contribution in [2.75, 3.05) is 11.9 Å². The molecule has 0 saturated heterocycles. The Morgan fingerprint density at radius 2 is 2.07 bits per heavy atom. The van der Waals surface area contributed by atoms with E-state index in [1.807, 2.05) is 38.1 Å². The minimum Gasteiger partial charge on any atom is -0.494 e. The molecule has 1 amide bonds. The van der Waals surface area contributed by atoms with Crippen molar-refractivity contribution >= 4 is 34.2 Å². The Balaban J connectivity index is 2.60. The molecule has 0 aliphatic carbocycles. The molecule has 0 bridgehead atoms. The molecule has 1 rings (SSSR count). The molecule has 0 radical (unpaired) electrons. The number of rotatable bonds is 4. The SMILES string of the molecule is CCOc1ccc(NC(=O)[C@@H](C)I)cc1. The van der Waals surface area contributed by atoms with Crippen LogP contribution in [0.15, 0.2) is 24.3 Å². The zero-order valence-electron chi connectivity index (χ0n) is 8.79. The first-order chi connectivity index (χ1) is 7.13. The number of amides is 1. The van der Waals surface area contributed by atoms with Gasteiger partial charge >= 0.3 is 0 Å². The number of anilines is 1. The largest absolute Gasteiger partial charge is 0.494 e. The predicted molar refractivity (Wildman–Crippen MR) is 69.7 cm³/mol. The van der Waals surface area contributed by atoms with E-state index in [1.165, 1.54) is 0 Å². The fourth-order valence-electron chi connectivity index (χ4n) is 1.04. The summed E-state index contributed by atoms with van der Waals surface area (Å²) in [6, 6.07) is 7.36. The Morgan fingerprint density at radius 1 is 1.47 bits per heavy atom. The van der Waals surface area contributed by atoms with Crippen molar-refractivity contribution in [3.8, 4) is 5.75 Å². The molecule has 15 heavy (non-hydrogen) atoms. The maximum absolute atomic E-state index is 11.4. The van der Waals surface area contributed by atoms with E-state index in [0.717, 1.165) is 11.4 Å². The van der Waals surface area contributed by atoms with Gasteiger partial charge in [-0.3, -0.25) is 4.79 Å². The third-order valence-corrected chi connectivity index (χ3v) is 2.36. The van der Waals surface area contributed by atoms with Gasteiger partial charge in [-0.05, 0) is 38.1 Å². The van der Waals surface area contributed by atoms with Crippen LogP contribution in [-0.4, -0.2) is 16.4 Å². The number of hydrogen-bond donors (Lipinski definition) is 1. The quantitative estimate of drug-likeness (QED) is 0.685. The van der Waals surface area contributed by atoms with Gasteiger partial charge in [0.05, 0.1) is 10.5 Å². The second kappa shape index (κ2) is 5.95. The van der Waals surface area contributed by atoms with Gasteiger partial charge in [0.25, 0.3) is 0 Å². The summed E-state index contributed by atoms with van der Waals surface area (Å²) in [4.78, 5) is 11.4. The molecule has 0 aliphatic heterocycles. The molecular weight excluding hydrogens is 305 g/mol. The first kappa shape index (κ1) is 12.3. The molecule has 82 valence electrons. The second-order valence-electron chi connectivity index (χ2n) is 3.06. The van der Waals surface area contributed by atoms with Crippen LogP contribution in [0.25, 0.3) is 0 Å². The van der Waals surface area contributed by atoms with E-state index in [2.05, 4.69) is 27.9 Å². The van der Waals surface area contributed by atoms with Crippen molar-refractivity contribution in [3.05, 3.63) is 24.3 Å². The molecule has 0 unspecified atom stereocenters. The summed E-state index contributed by atoms with van der Waals surface area (Å²) < 4.78 is 5.27. The van der Waals surface area contributed by atoms with Crippen LogP contribution in [0.4, 0.5) is 5.69 Å². The van der Waals surface area contributed by atoms with Crippen LogP contribution in [0.3, 0.4) is 0 Å². The van der Waals surface area contributed by atoms with E-state index in [-0.39, 0.29) is 9.83 Å². The minimum absolute atomic E-state index is 0.0137. The van der Waals surface area contributed by atoms with Gasteiger partial charge in [-0.15, -0.1) is 0 Å². The number of carbonyl (C=O) groups is 1. The number of halogens is 1. The summed E-state index contributed by atoms with van der Waals surface area (Å²) in [6.07, 6.45) is 0. The van der Waals surface area contributed by atoms with E-state index in [4.69, 9.17) is 4.74 Å². The molecule has 1 atom stereocenters. The van der Waals surface area contributed by atoms with Gasteiger partial charge in [-0.2, -0.15) is 0 Å². The highest BCUT2D eigenvalue weighted by Crippen LogP contribution is 2.16. The molecule has 1 aromatic carbocycles. The number of nitrogens with one attached hydrogen (secondary N) is 1. The molecule has 1 N–H and O–H groups in total. The lowest BCUT2D eigenvalue weighted by molar-refractivity contribution is -0.115. The summed E-state index contributed by atoms with van der Waals surface area (Å²) in [5, 5.41) is 2.81. The van der Waals surface area contributed by atoms with Crippen molar-refractivity contribution in [1.29, 1.82) is 0 Å². The average molecular weight is 319 g/mol. The number of benzene rings is 1. The minimum atomic E-state index is -0.0332. The van der Waals surface area contributed by atoms with Gasteiger partial charge in [0.15, 0.2) is 0 Å². The van der Waals surface area contributed by atoms with Crippen molar-refractivity contribution in [2.45, 2.75) is 17.8 Å². The Kier molecular flexibility index (Phi) is 4.87. The van der Waals surface area contributed by atoms with Gasteiger partial charge < -0.3 is 10.1 Å². The maximum Gasteiger partial charge on any atom is 0.237 e. The predicted octanol–water partition coefficient (Wildman–Crippen LogP) is 2.85. The molecular formula is C11H14INO2. The first-order valence-corrected chi connectivity index (χ1v) is 6.06. The molecule has 3 nitrogen and oxygen atoms in total. The van der Waals surface area contributed by atoms with E-state index >= 15 is 0 Å². The van der Waals surface area contributed by atoms with Crippen LogP contribution < -0.4 is 10.1 Å². The molecule has 0 aromatic heterocycles. The Labute approximate surface area is 103 Å². The molecule has 0 saturated carbocycles. The molecule has 1 aromatic rings. The summed E-state index contributed by atoms with van der Waals surface area (Å²) in [6.45, 7) is 4.44. The summed E-state index contributed by atoms with van der Waals surface area (Å²) >= 11 is 2.08. The number of alkyl halides is 1. The summed E-state index contributed by atoms with van der Waals surface area (Å²) in [5.41, 5.74) is 0.798. The van der Waals surface area contributed by atoms with Crippen LogP contribution in [0.1, 0.15) is 13.8 Å². The van der Waals surface area contributed by atoms with Gasteiger partial charge in [0.1, 0.15) is 5.75 Å². The second-order valence-corrected chi connectivity index (χ2v) is 4.93. The van der Waals surface area contributed by atoms with Gasteiger partial charge in [0, 0.05) is 5.69 Å². The first-order valence-electron chi connectivity index (χ1n) is 4.81. The van der Waals surface area contributed by atoms with Crippen LogP contribution in [0, 0.1) is 0 Å². The highest BCUT2D eigenvalue weighted by Gasteiger charge is 2.07. The molecule has 0 heterocycles. The lowest BCUT2D eigenvalue weighted by Gasteiger charge is -2.07. The average Bonchev–Trinajstić information content (AvgIpc) is 2.21. The fraction of sp³-hybridized carbons (Fsp3) is 0.364. The Hall–Kier alpha value is -0.780. The summed E-state index contributed by atoms with van der Waals surface area (Å²) in [7, 11) is 0. The maximum atomic E-state index is 11.4. The highest BCUT2D eigenvalue weighted by molar-refractivity contribution is 14.1. The number of carbonyl (C=O) groups excluding carboxylic acids is 1. The zero-order chi connectivity index (χ0) is 11.3. The third kappa shape index (κ3) is 4.07. The zero-order valence-corrected chi connectivity index (χ0v) is 10.9. The lowest BCUT2D eigenvalue weighted by atomic mass is 10.3. The topological polar surface area (TPSA) is 38.3 Å². The monoisotopic (exact) mass is 319 g/mol. The van der Waals surface area contributed by atoms with E-state index < -0.39 is 0 Å². The van der Waals surface area contributed by atoms with Crippen molar-refractivity contribution in [3.63, 3.8) is 0 Å². The van der Waals surface area contributed by atoms with Crippen molar-refractivity contribution < 1.29 is 9.53 Å². The van der Waals surface area contributed by atoms with E-state index in [0.29, 0.717) is 6.61 Å². The lowest BCUT2D eigenvalue weighted by Crippen LogP contribution is -2.19. The van der Waals surface area contributed by atoms with Crippen LogP contribution in [0.5, 0.6) is 5.75 Å². The van der Waals surface area contributed by atoms with Gasteiger partial charge in [0.2, 0.25) is 5.91 Å². The van der Waals surface area contributed by atoms with E-state index in [1.54, 1.807) is 0 Å². The standard InChI is InChI=1S/C11H14INO2/c1-3-15-10-6-4-9(5-7-10)13-11(14)8(2)12/h4-8H,3H2,1-2H3,(H,13,14)/t8-/m1/s1.